The molecule has 0 heterocycles. The molecule has 2 aliphatic carbocycles. The van der Waals surface area contributed by atoms with E-state index >= 15 is 0 Å². The third kappa shape index (κ3) is 3.96. The quantitative estimate of drug-likeness (QED) is 0.458. The molecule has 0 spiro atoms. The number of aldehydes is 1. The van der Waals surface area contributed by atoms with E-state index in [0.29, 0.717) is 11.3 Å². The van der Waals surface area contributed by atoms with Gasteiger partial charge in [-0.15, -0.1) is 0 Å². The van der Waals surface area contributed by atoms with Crippen molar-refractivity contribution < 1.29 is 23.7 Å². The molecule has 2 aliphatic rings. The highest BCUT2D eigenvalue weighted by atomic mass is 16.7. The first kappa shape index (κ1) is 20.9. The fraction of sp³-hybridized carbons (Fsp3) is 0.480. The Kier molecular flexibility index (Phi) is 6.70. The number of rotatable bonds is 8. The lowest BCUT2D eigenvalue weighted by atomic mass is 9.79. The molecule has 0 fully saturated rings. The molecule has 0 aromatic heterocycles. The van der Waals surface area contributed by atoms with E-state index in [4.69, 9.17) is 18.9 Å². The van der Waals surface area contributed by atoms with Gasteiger partial charge in [0, 0.05) is 25.3 Å². The van der Waals surface area contributed by atoms with E-state index in [2.05, 4.69) is 6.07 Å². The summed E-state index contributed by atoms with van der Waals surface area (Å²) < 4.78 is 22.5. The second-order valence-electron chi connectivity index (χ2n) is 8.02. The zero-order valence-corrected chi connectivity index (χ0v) is 17.9. The van der Waals surface area contributed by atoms with Crippen molar-refractivity contribution in [2.75, 3.05) is 27.8 Å². The third-order valence-electron chi connectivity index (χ3n) is 6.16. The Morgan fingerprint density at radius 2 is 1.43 bits per heavy atom. The van der Waals surface area contributed by atoms with Crippen molar-refractivity contribution in [1.82, 2.24) is 0 Å². The summed E-state index contributed by atoms with van der Waals surface area (Å²) >= 11 is 0. The number of hydrogen-bond donors (Lipinski definition) is 0. The van der Waals surface area contributed by atoms with Crippen molar-refractivity contribution in [3.63, 3.8) is 0 Å². The first-order valence-electron chi connectivity index (χ1n) is 10.8. The summed E-state index contributed by atoms with van der Waals surface area (Å²) in [6.07, 6.45) is 9.54. The number of carbonyl (C=O) groups excluding carboxylic acids is 1. The molecule has 5 nitrogen and oxygen atoms in total. The van der Waals surface area contributed by atoms with E-state index in [9.17, 15) is 4.79 Å². The Labute approximate surface area is 178 Å². The molecule has 0 saturated carbocycles. The molecule has 0 aliphatic heterocycles. The molecule has 30 heavy (non-hydrogen) atoms. The molecule has 0 saturated heterocycles. The minimum Gasteiger partial charge on any atom is -0.467 e. The first-order chi connectivity index (χ1) is 14.8. The average molecular weight is 411 g/mol. The first-order valence-corrected chi connectivity index (χ1v) is 10.8. The summed E-state index contributed by atoms with van der Waals surface area (Å²) in [5.74, 6) is 1.39. The summed E-state index contributed by atoms with van der Waals surface area (Å²) in [5, 5.41) is 0. The van der Waals surface area contributed by atoms with Crippen LogP contribution in [-0.4, -0.2) is 34.1 Å². The van der Waals surface area contributed by atoms with Crippen LogP contribution >= 0.6 is 0 Å². The minimum atomic E-state index is 0.0932. The van der Waals surface area contributed by atoms with Crippen molar-refractivity contribution in [1.29, 1.82) is 0 Å². The maximum Gasteiger partial charge on any atom is 0.188 e. The van der Waals surface area contributed by atoms with Crippen LogP contribution in [0.1, 0.15) is 58.3 Å². The molecule has 0 bridgehead atoms. The van der Waals surface area contributed by atoms with Gasteiger partial charge < -0.3 is 18.9 Å². The normalized spacial score (nSPS) is 15.3. The second kappa shape index (κ2) is 9.63. The fourth-order valence-corrected chi connectivity index (χ4v) is 4.86. The van der Waals surface area contributed by atoms with Gasteiger partial charge in [0.25, 0.3) is 0 Å². The van der Waals surface area contributed by atoms with Crippen molar-refractivity contribution >= 4 is 6.29 Å². The van der Waals surface area contributed by atoms with Gasteiger partial charge in [-0.25, -0.2) is 0 Å². The molecule has 0 amide bonds. The summed E-state index contributed by atoms with van der Waals surface area (Å²) in [6.45, 7) is 0.269. The van der Waals surface area contributed by atoms with Gasteiger partial charge in [0.15, 0.2) is 19.9 Å². The number of methoxy groups -OCH3 is 2. The van der Waals surface area contributed by atoms with Gasteiger partial charge in [-0.05, 0) is 85.8 Å². The highest BCUT2D eigenvalue weighted by Crippen LogP contribution is 2.48. The number of carbonyl (C=O) groups is 1. The minimum absolute atomic E-state index is 0.0932. The van der Waals surface area contributed by atoms with Crippen LogP contribution < -0.4 is 9.47 Å². The maximum absolute atomic E-state index is 12.0. The zero-order chi connectivity index (χ0) is 20.9. The molecule has 2 aromatic rings. The molecular weight excluding hydrogens is 380 g/mol. The fourth-order valence-electron chi connectivity index (χ4n) is 4.86. The molecule has 0 radical (unpaired) electrons. The van der Waals surface area contributed by atoms with Gasteiger partial charge in [0.05, 0.1) is 5.56 Å². The molecular formula is C25H30O5. The summed E-state index contributed by atoms with van der Waals surface area (Å²) in [7, 11) is 3.22. The predicted molar refractivity (Wildman–Crippen MR) is 116 cm³/mol. The van der Waals surface area contributed by atoms with Gasteiger partial charge in [-0.1, -0.05) is 6.07 Å². The van der Waals surface area contributed by atoms with Crippen molar-refractivity contribution in [2.24, 2.45) is 0 Å². The molecule has 0 N–H and O–H groups in total. The number of hydrogen-bond acceptors (Lipinski definition) is 5. The van der Waals surface area contributed by atoms with Gasteiger partial charge in [0.1, 0.15) is 11.5 Å². The molecule has 0 unspecified atom stereocenters. The van der Waals surface area contributed by atoms with Crippen LogP contribution in [0.3, 0.4) is 0 Å². The van der Waals surface area contributed by atoms with Crippen LogP contribution in [-0.2, 0) is 35.2 Å². The summed E-state index contributed by atoms with van der Waals surface area (Å²) in [4.78, 5) is 12.0. The highest BCUT2D eigenvalue weighted by molar-refractivity contribution is 5.91. The van der Waals surface area contributed by atoms with Crippen molar-refractivity contribution in [2.45, 2.75) is 51.4 Å². The lowest BCUT2D eigenvalue weighted by Crippen LogP contribution is -2.14. The number of benzene rings is 2. The lowest BCUT2D eigenvalue weighted by Gasteiger charge is -2.28. The Hall–Kier alpha value is -2.37. The average Bonchev–Trinajstić information content (AvgIpc) is 2.80. The van der Waals surface area contributed by atoms with E-state index in [1.54, 1.807) is 14.2 Å². The Bertz CT molecular complexity index is 918. The second-order valence-corrected chi connectivity index (χ2v) is 8.02. The zero-order valence-electron chi connectivity index (χ0n) is 17.9. The summed E-state index contributed by atoms with van der Waals surface area (Å²) in [6, 6.07) is 6.22. The Balaban J connectivity index is 2.02. The predicted octanol–water partition coefficient (Wildman–Crippen LogP) is 4.89. The van der Waals surface area contributed by atoms with Crippen molar-refractivity contribution in [3.8, 4) is 22.6 Å². The molecule has 4 rings (SSSR count). The number of aryl methyl sites for hydroxylation is 2. The number of fused-ring (bicyclic) bond motifs is 2. The number of ether oxygens (including phenoxy) is 4. The monoisotopic (exact) mass is 410 g/mol. The Morgan fingerprint density at radius 1 is 0.800 bits per heavy atom. The van der Waals surface area contributed by atoms with Crippen LogP contribution in [0, 0.1) is 0 Å². The van der Waals surface area contributed by atoms with Crippen LogP contribution in [0.25, 0.3) is 11.1 Å². The molecule has 0 atom stereocenters. The smallest absolute Gasteiger partial charge is 0.188 e. The van der Waals surface area contributed by atoms with Crippen LogP contribution in [0.2, 0.25) is 0 Å². The van der Waals surface area contributed by atoms with E-state index in [-0.39, 0.29) is 13.6 Å². The van der Waals surface area contributed by atoms with E-state index < -0.39 is 0 Å². The van der Waals surface area contributed by atoms with Crippen molar-refractivity contribution in [3.05, 3.63) is 46.0 Å². The van der Waals surface area contributed by atoms with Gasteiger partial charge in [0.2, 0.25) is 0 Å². The highest BCUT2D eigenvalue weighted by Gasteiger charge is 2.28. The van der Waals surface area contributed by atoms with Gasteiger partial charge in [-0.3, -0.25) is 4.79 Å². The van der Waals surface area contributed by atoms with Crippen LogP contribution in [0.15, 0.2) is 18.2 Å². The lowest BCUT2D eigenvalue weighted by molar-refractivity contribution is 0.0496. The van der Waals surface area contributed by atoms with E-state index in [0.717, 1.165) is 68.1 Å². The molecule has 160 valence electrons. The SMILES string of the molecule is COCOc1ccc2c(c1-c1c3c(cc(C=O)c1OCOC)CCCC3)CCCC2. The van der Waals surface area contributed by atoms with Gasteiger partial charge in [-0.2, -0.15) is 0 Å². The van der Waals surface area contributed by atoms with Gasteiger partial charge >= 0.3 is 0 Å². The molecule has 5 heteroatoms. The van der Waals surface area contributed by atoms with E-state index in [1.165, 1.54) is 28.7 Å². The standard InChI is InChI=1S/C25H30O5/c1-27-15-29-22-12-11-17-7-3-5-9-20(17)23(22)24-21-10-6-4-8-18(21)13-19(14-26)25(24)30-16-28-2/h11-14H,3-10,15-16H2,1-2H3. The Morgan fingerprint density at radius 3 is 2.13 bits per heavy atom. The van der Waals surface area contributed by atoms with Crippen LogP contribution in [0.5, 0.6) is 11.5 Å². The van der Waals surface area contributed by atoms with E-state index in [1.807, 2.05) is 12.1 Å². The topological polar surface area (TPSA) is 54.0 Å². The largest absolute Gasteiger partial charge is 0.467 e. The maximum atomic E-state index is 12.0. The third-order valence-corrected chi connectivity index (χ3v) is 6.16. The summed E-state index contributed by atoms with van der Waals surface area (Å²) in [5.41, 5.74) is 7.85. The van der Waals surface area contributed by atoms with Crippen LogP contribution in [0.4, 0.5) is 0 Å². The molecule has 2 aromatic carbocycles.